The molecule has 9 heteroatoms. The molecule has 28 heavy (non-hydrogen) atoms. The molecular formula is C19H16N6O2S. The Morgan fingerprint density at radius 2 is 2.00 bits per heavy atom. The Labute approximate surface area is 165 Å². The van der Waals surface area contributed by atoms with Crippen LogP contribution in [0.1, 0.15) is 16.1 Å². The van der Waals surface area contributed by atoms with Crippen molar-refractivity contribution in [2.45, 2.75) is 11.9 Å². The molecule has 8 nitrogen and oxygen atoms in total. The van der Waals surface area contributed by atoms with E-state index in [1.54, 1.807) is 48.5 Å². The summed E-state index contributed by atoms with van der Waals surface area (Å²) in [6.07, 6.45) is 6.52. The fourth-order valence-corrected chi connectivity index (χ4v) is 3.33. The van der Waals surface area contributed by atoms with Crippen molar-refractivity contribution in [3.05, 3.63) is 66.6 Å². The Morgan fingerprint density at radius 3 is 2.64 bits per heavy atom. The largest absolute Gasteiger partial charge is 0.461 e. The summed E-state index contributed by atoms with van der Waals surface area (Å²) in [5.41, 5.74) is 2.55. The van der Waals surface area contributed by atoms with E-state index in [2.05, 4.69) is 25.4 Å². The highest BCUT2D eigenvalue weighted by atomic mass is 32.2. The Hall–Kier alpha value is -3.46. The molecule has 0 aliphatic heterocycles. The number of carbonyl (C=O) groups is 1. The molecule has 0 aliphatic rings. The molecular weight excluding hydrogens is 376 g/mol. The molecule has 140 valence electrons. The minimum Gasteiger partial charge on any atom is -0.461 e. The van der Waals surface area contributed by atoms with Crippen LogP contribution in [0, 0.1) is 6.92 Å². The fourth-order valence-electron chi connectivity index (χ4n) is 2.70. The van der Waals surface area contributed by atoms with Gasteiger partial charge in [-0.05, 0) is 49.6 Å². The molecule has 0 radical (unpaired) electrons. The third kappa shape index (κ3) is 3.52. The van der Waals surface area contributed by atoms with Crippen LogP contribution in [0.3, 0.4) is 0 Å². The summed E-state index contributed by atoms with van der Waals surface area (Å²) in [5, 5.41) is 7.57. The molecule has 1 aromatic carbocycles. The summed E-state index contributed by atoms with van der Waals surface area (Å²) in [5.74, 6) is 0.760. The predicted octanol–water partition coefficient (Wildman–Crippen LogP) is 3.60. The second-order valence-electron chi connectivity index (χ2n) is 5.84. The first kappa shape index (κ1) is 17.9. The van der Waals surface area contributed by atoms with Crippen molar-refractivity contribution < 1.29 is 9.21 Å². The lowest BCUT2D eigenvalue weighted by Gasteiger charge is -2.12. The van der Waals surface area contributed by atoms with E-state index in [0.29, 0.717) is 33.6 Å². The second kappa shape index (κ2) is 7.65. The Morgan fingerprint density at radius 1 is 1.18 bits per heavy atom. The lowest BCUT2D eigenvalue weighted by molar-refractivity contribution is 0.102. The average Bonchev–Trinajstić information content (AvgIpc) is 3.42. The minimum atomic E-state index is -0.263. The van der Waals surface area contributed by atoms with E-state index in [-0.39, 0.29) is 5.91 Å². The average molecular weight is 392 g/mol. The third-order valence-corrected chi connectivity index (χ3v) is 4.71. The monoisotopic (exact) mass is 392 g/mol. The molecule has 4 rings (SSSR count). The lowest BCUT2D eigenvalue weighted by atomic mass is 10.2. The Kier molecular flexibility index (Phi) is 4.90. The molecule has 0 spiro atoms. The number of aryl methyl sites for hydroxylation is 1. The van der Waals surface area contributed by atoms with Crippen LogP contribution in [-0.2, 0) is 0 Å². The van der Waals surface area contributed by atoms with E-state index in [9.17, 15) is 4.79 Å². The minimum absolute atomic E-state index is 0.263. The number of hydrogen-bond acceptors (Lipinski definition) is 7. The van der Waals surface area contributed by atoms with Crippen LogP contribution in [0.25, 0.3) is 17.3 Å². The van der Waals surface area contributed by atoms with Crippen LogP contribution in [0.4, 0.5) is 5.69 Å². The summed E-state index contributed by atoms with van der Waals surface area (Å²) >= 11 is 1.39. The van der Waals surface area contributed by atoms with Gasteiger partial charge in [-0.2, -0.15) is 5.10 Å². The zero-order chi connectivity index (χ0) is 19.5. The molecule has 1 N–H and O–H groups in total. The van der Waals surface area contributed by atoms with Crippen molar-refractivity contribution in [3.8, 4) is 17.3 Å². The fraction of sp³-hybridized carbons (Fsp3) is 0.105. The molecule has 3 aromatic heterocycles. The van der Waals surface area contributed by atoms with Gasteiger partial charge >= 0.3 is 0 Å². The van der Waals surface area contributed by atoms with Crippen molar-refractivity contribution in [2.24, 2.45) is 0 Å². The van der Waals surface area contributed by atoms with Crippen LogP contribution in [0.15, 0.2) is 64.8 Å². The van der Waals surface area contributed by atoms with Crippen LogP contribution in [-0.4, -0.2) is 36.9 Å². The van der Waals surface area contributed by atoms with Gasteiger partial charge in [-0.3, -0.25) is 4.79 Å². The number of hydrogen-bond donors (Lipinski definition) is 1. The number of anilines is 1. The van der Waals surface area contributed by atoms with Gasteiger partial charge in [0.05, 0.1) is 23.2 Å². The zero-order valence-electron chi connectivity index (χ0n) is 15.2. The number of nitrogens with zero attached hydrogens (tertiary/aromatic N) is 5. The maximum atomic E-state index is 12.9. The van der Waals surface area contributed by atoms with Crippen LogP contribution >= 0.6 is 11.8 Å². The molecule has 0 atom stereocenters. The highest BCUT2D eigenvalue weighted by Crippen LogP contribution is 2.26. The second-order valence-corrected chi connectivity index (χ2v) is 6.63. The van der Waals surface area contributed by atoms with Crippen molar-refractivity contribution in [1.29, 1.82) is 0 Å². The first-order valence-corrected chi connectivity index (χ1v) is 9.61. The van der Waals surface area contributed by atoms with Gasteiger partial charge in [0, 0.05) is 5.69 Å². The zero-order valence-corrected chi connectivity index (χ0v) is 16.0. The number of nitrogens with one attached hydrogen (secondary N) is 1. The summed E-state index contributed by atoms with van der Waals surface area (Å²) in [6.45, 7) is 1.79. The van der Waals surface area contributed by atoms with Gasteiger partial charge in [-0.15, -0.1) is 11.8 Å². The molecule has 0 saturated heterocycles. The van der Waals surface area contributed by atoms with E-state index in [0.717, 1.165) is 5.69 Å². The molecule has 0 aliphatic carbocycles. The van der Waals surface area contributed by atoms with E-state index in [1.807, 2.05) is 18.4 Å². The number of furan rings is 1. The topological polar surface area (TPSA) is 98.7 Å². The predicted molar refractivity (Wildman–Crippen MR) is 106 cm³/mol. The quantitative estimate of drug-likeness (QED) is 0.409. The number of thioether (sulfide) groups is 1. The number of amides is 1. The van der Waals surface area contributed by atoms with Gasteiger partial charge in [0.15, 0.2) is 11.6 Å². The third-order valence-electron chi connectivity index (χ3n) is 4.03. The van der Waals surface area contributed by atoms with E-state index >= 15 is 0 Å². The standard InChI is InChI=1S/C19H16N6O2S/c1-12-16(19(28-2)24-17(22-12)15-4-3-9-27-15)18(26)23-13-5-7-14(8-6-13)25-11-20-10-21-25/h3-11H,1-2H3,(H,23,26). The van der Waals surface area contributed by atoms with Crippen LogP contribution in [0.2, 0.25) is 0 Å². The highest BCUT2D eigenvalue weighted by molar-refractivity contribution is 7.98. The van der Waals surface area contributed by atoms with Gasteiger partial charge in [-0.25, -0.2) is 19.6 Å². The molecule has 0 unspecified atom stereocenters. The van der Waals surface area contributed by atoms with E-state index < -0.39 is 0 Å². The van der Waals surface area contributed by atoms with Crippen molar-refractivity contribution in [3.63, 3.8) is 0 Å². The van der Waals surface area contributed by atoms with Gasteiger partial charge in [-0.1, -0.05) is 0 Å². The summed E-state index contributed by atoms with van der Waals surface area (Å²) in [7, 11) is 0. The van der Waals surface area contributed by atoms with E-state index in [4.69, 9.17) is 4.42 Å². The molecule has 0 saturated carbocycles. The maximum absolute atomic E-state index is 12.9. The van der Waals surface area contributed by atoms with Crippen LogP contribution in [0.5, 0.6) is 0 Å². The van der Waals surface area contributed by atoms with Gasteiger partial charge in [0.25, 0.3) is 5.91 Å². The Balaban J connectivity index is 1.59. The van der Waals surface area contributed by atoms with E-state index in [1.165, 1.54) is 18.1 Å². The number of carbonyl (C=O) groups excluding carboxylic acids is 1. The lowest BCUT2D eigenvalue weighted by Crippen LogP contribution is -2.17. The molecule has 1 amide bonds. The summed E-state index contributed by atoms with van der Waals surface area (Å²) in [6, 6.07) is 10.9. The smallest absolute Gasteiger partial charge is 0.260 e. The molecule has 0 bridgehead atoms. The Bertz CT molecular complexity index is 1090. The van der Waals surface area contributed by atoms with Crippen molar-refractivity contribution in [1.82, 2.24) is 24.7 Å². The normalized spacial score (nSPS) is 10.8. The number of benzene rings is 1. The number of rotatable bonds is 5. The van der Waals surface area contributed by atoms with Crippen LogP contribution < -0.4 is 5.32 Å². The SMILES string of the molecule is CSc1nc(-c2ccco2)nc(C)c1C(=O)Nc1ccc(-n2cncn2)cc1. The summed E-state index contributed by atoms with van der Waals surface area (Å²) in [4.78, 5) is 25.7. The van der Waals surface area contributed by atoms with Gasteiger partial charge in [0.2, 0.25) is 0 Å². The first-order chi connectivity index (χ1) is 13.7. The molecule has 4 aromatic rings. The van der Waals surface area contributed by atoms with Gasteiger partial charge in [0.1, 0.15) is 17.7 Å². The van der Waals surface area contributed by atoms with Gasteiger partial charge < -0.3 is 9.73 Å². The molecule has 3 heterocycles. The number of aromatic nitrogens is 5. The highest BCUT2D eigenvalue weighted by Gasteiger charge is 2.20. The van der Waals surface area contributed by atoms with Crippen molar-refractivity contribution in [2.75, 3.05) is 11.6 Å². The van der Waals surface area contributed by atoms with Crippen molar-refractivity contribution >= 4 is 23.4 Å². The maximum Gasteiger partial charge on any atom is 0.260 e. The first-order valence-electron chi connectivity index (χ1n) is 8.38. The molecule has 0 fully saturated rings. The summed E-state index contributed by atoms with van der Waals surface area (Å²) < 4.78 is 7.01.